The summed E-state index contributed by atoms with van der Waals surface area (Å²) >= 11 is 0. The van der Waals surface area contributed by atoms with Crippen LogP contribution < -0.4 is 15.4 Å². The van der Waals surface area contributed by atoms with E-state index in [0.717, 1.165) is 41.8 Å². The van der Waals surface area contributed by atoms with Crippen LogP contribution in [0.4, 0.5) is 5.69 Å². The van der Waals surface area contributed by atoms with Gasteiger partial charge < -0.3 is 15.4 Å². The molecule has 0 aromatic heterocycles. The number of anilines is 1. The number of hydrogen-bond acceptors (Lipinski definition) is 3. The first-order chi connectivity index (χ1) is 14.0. The summed E-state index contributed by atoms with van der Waals surface area (Å²) in [6, 6.07) is 15.1. The monoisotopic (exact) mass is 392 g/mol. The zero-order chi connectivity index (χ0) is 20.6. The van der Waals surface area contributed by atoms with Crippen molar-refractivity contribution in [3.63, 3.8) is 0 Å². The van der Waals surface area contributed by atoms with Gasteiger partial charge in [-0.3, -0.25) is 9.59 Å². The molecule has 5 heteroatoms. The van der Waals surface area contributed by atoms with Crippen molar-refractivity contribution >= 4 is 23.6 Å². The Balaban J connectivity index is 1.49. The van der Waals surface area contributed by atoms with E-state index in [1.165, 1.54) is 6.08 Å². The fourth-order valence-electron chi connectivity index (χ4n) is 2.86. The molecule has 1 saturated carbocycles. The number of nitrogens with one attached hydrogen (secondary N) is 2. The predicted octanol–water partition coefficient (Wildman–Crippen LogP) is 4.71. The smallest absolute Gasteiger partial charge is 0.244 e. The van der Waals surface area contributed by atoms with Crippen molar-refractivity contribution in [2.45, 2.75) is 39.2 Å². The highest BCUT2D eigenvalue weighted by molar-refractivity contribution is 5.94. The van der Waals surface area contributed by atoms with Crippen molar-refractivity contribution in [3.8, 4) is 5.75 Å². The van der Waals surface area contributed by atoms with Gasteiger partial charge >= 0.3 is 0 Å². The highest BCUT2D eigenvalue weighted by Crippen LogP contribution is 2.30. The van der Waals surface area contributed by atoms with Crippen molar-refractivity contribution in [1.29, 1.82) is 0 Å². The van der Waals surface area contributed by atoms with E-state index in [9.17, 15) is 9.59 Å². The predicted molar refractivity (Wildman–Crippen MR) is 116 cm³/mol. The third-order valence-corrected chi connectivity index (χ3v) is 4.77. The molecule has 5 nitrogen and oxygen atoms in total. The summed E-state index contributed by atoms with van der Waals surface area (Å²) < 4.78 is 5.56. The van der Waals surface area contributed by atoms with Crippen LogP contribution in [0.5, 0.6) is 5.75 Å². The molecule has 1 aliphatic carbocycles. The maximum absolute atomic E-state index is 12.2. The number of rotatable bonds is 9. The standard InChI is InChI=1S/C24H28N2O3/c1-3-16-29-22-13-4-18(5-14-22)6-15-23(27)25-17(2)19-9-11-21(12-10-19)26-24(28)20-7-8-20/h4-6,9-15,17,20H,3,7-8,16H2,1-2H3,(H,25,27)(H,26,28). The van der Waals surface area contributed by atoms with Gasteiger partial charge in [-0.15, -0.1) is 0 Å². The number of benzene rings is 2. The van der Waals surface area contributed by atoms with Gasteiger partial charge in [0.1, 0.15) is 5.75 Å². The Labute approximate surface area is 172 Å². The molecule has 2 aromatic carbocycles. The number of amides is 2. The number of hydrogen-bond donors (Lipinski definition) is 2. The Morgan fingerprint density at radius 1 is 1.10 bits per heavy atom. The largest absolute Gasteiger partial charge is 0.494 e. The summed E-state index contributed by atoms with van der Waals surface area (Å²) in [4.78, 5) is 24.0. The van der Waals surface area contributed by atoms with E-state index in [-0.39, 0.29) is 23.8 Å². The highest BCUT2D eigenvalue weighted by Gasteiger charge is 2.29. The van der Waals surface area contributed by atoms with Crippen LogP contribution in [0.25, 0.3) is 6.08 Å². The molecule has 0 saturated heterocycles. The molecule has 0 aliphatic heterocycles. The van der Waals surface area contributed by atoms with Gasteiger partial charge in [0.2, 0.25) is 11.8 Å². The van der Waals surface area contributed by atoms with Gasteiger partial charge in [0.05, 0.1) is 12.6 Å². The summed E-state index contributed by atoms with van der Waals surface area (Å²) in [5, 5.41) is 5.87. The highest BCUT2D eigenvalue weighted by atomic mass is 16.5. The number of carbonyl (C=O) groups is 2. The van der Waals surface area contributed by atoms with E-state index >= 15 is 0 Å². The van der Waals surface area contributed by atoms with Crippen LogP contribution in [-0.4, -0.2) is 18.4 Å². The van der Waals surface area contributed by atoms with E-state index in [1.807, 2.05) is 55.5 Å². The fourth-order valence-corrected chi connectivity index (χ4v) is 2.86. The molecule has 1 aliphatic rings. The molecule has 29 heavy (non-hydrogen) atoms. The van der Waals surface area contributed by atoms with Crippen LogP contribution >= 0.6 is 0 Å². The lowest BCUT2D eigenvalue weighted by molar-refractivity contribution is -0.118. The van der Waals surface area contributed by atoms with Gasteiger partial charge in [-0.2, -0.15) is 0 Å². The van der Waals surface area contributed by atoms with Crippen LogP contribution in [-0.2, 0) is 9.59 Å². The van der Waals surface area contributed by atoms with Crippen molar-refractivity contribution in [2.24, 2.45) is 5.92 Å². The Bertz CT molecular complexity index is 853. The molecule has 152 valence electrons. The quantitative estimate of drug-likeness (QED) is 0.607. The first-order valence-electron chi connectivity index (χ1n) is 10.2. The number of ether oxygens (including phenoxy) is 1. The lowest BCUT2D eigenvalue weighted by atomic mass is 10.1. The van der Waals surface area contributed by atoms with E-state index in [0.29, 0.717) is 6.61 Å². The summed E-state index contributed by atoms with van der Waals surface area (Å²) in [6.07, 6.45) is 6.25. The van der Waals surface area contributed by atoms with Crippen molar-refractivity contribution in [2.75, 3.05) is 11.9 Å². The molecule has 2 aromatic rings. The lowest BCUT2D eigenvalue weighted by Crippen LogP contribution is -2.24. The molecular formula is C24H28N2O3. The molecule has 0 heterocycles. The minimum Gasteiger partial charge on any atom is -0.494 e. The Kier molecular flexibility index (Phi) is 7.06. The van der Waals surface area contributed by atoms with Crippen LogP contribution in [0.1, 0.15) is 50.3 Å². The molecular weight excluding hydrogens is 364 g/mol. The number of carbonyl (C=O) groups excluding carboxylic acids is 2. The molecule has 1 atom stereocenters. The summed E-state index contributed by atoms with van der Waals surface area (Å²) in [6.45, 7) is 4.70. The van der Waals surface area contributed by atoms with Crippen molar-refractivity contribution in [3.05, 3.63) is 65.7 Å². The zero-order valence-corrected chi connectivity index (χ0v) is 17.0. The normalized spacial score (nSPS) is 14.4. The Morgan fingerprint density at radius 3 is 2.41 bits per heavy atom. The summed E-state index contributed by atoms with van der Waals surface area (Å²) in [5.74, 6) is 0.947. The van der Waals surface area contributed by atoms with Crippen molar-refractivity contribution < 1.29 is 14.3 Å². The van der Waals surface area contributed by atoms with Gasteiger partial charge in [0, 0.05) is 17.7 Å². The van der Waals surface area contributed by atoms with Gasteiger partial charge in [-0.1, -0.05) is 31.2 Å². The molecule has 1 unspecified atom stereocenters. The average Bonchev–Trinajstić information content (AvgIpc) is 3.57. The minimum atomic E-state index is -0.157. The van der Waals surface area contributed by atoms with E-state index in [4.69, 9.17) is 4.74 Å². The van der Waals surface area contributed by atoms with E-state index in [2.05, 4.69) is 17.6 Å². The second-order valence-electron chi connectivity index (χ2n) is 7.37. The molecule has 2 N–H and O–H groups in total. The van der Waals surface area contributed by atoms with E-state index in [1.54, 1.807) is 6.08 Å². The average molecular weight is 392 g/mol. The van der Waals surface area contributed by atoms with E-state index < -0.39 is 0 Å². The molecule has 0 spiro atoms. The third-order valence-electron chi connectivity index (χ3n) is 4.77. The van der Waals surface area contributed by atoms with Crippen LogP contribution in [0.2, 0.25) is 0 Å². The van der Waals surface area contributed by atoms with Crippen LogP contribution in [0.15, 0.2) is 54.6 Å². The maximum atomic E-state index is 12.2. The maximum Gasteiger partial charge on any atom is 0.244 e. The second-order valence-corrected chi connectivity index (χ2v) is 7.37. The summed E-state index contributed by atoms with van der Waals surface area (Å²) in [5.41, 5.74) is 2.71. The van der Waals surface area contributed by atoms with Gasteiger partial charge in [0.15, 0.2) is 0 Å². The lowest BCUT2D eigenvalue weighted by Gasteiger charge is -2.14. The minimum absolute atomic E-state index is 0.0918. The topological polar surface area (TPSA) is 67.4 Å². The molecule has 3 rings (SSSR count). The SMILES string of the molecule is CCCOc1ccc(C=CC(=O)NC(C)c2ccc(NC(=O)C3CC3)cc2)cc1. The Morgan fingerprint density at radius 2 is 1.79 bits per heavy atom. The first-order valence-corrected chi connectivity index (χ1v) is 10.2. The van der Waals surface area contributed by atoms with Gasteiger partial charge in [-0.05, 0) is 67.7 Å². The van der Waals surface area contributed by atoms with Gasteiger partial charge in [0.25, 0.3) is 0 Å². The second kappa shape index (κ2) is 9.92. The van der Waals surface area contributed by atoms with Crippen LogP contribution in [0.3, 0.4) is 0 Å². The Hall–Kier alpha value is -3.08. The first kappa shape index (κ1) is 20.6. The third kappa shape index (κ3) is 6.49. The van der Waals surface area contributed by atoms with Crippen LogP contribution in [0, 0.1) is 5.92 Å². The van der Waals surface area contributed by atoms with Gasteiger partial charge in [-0.25, -0.2) is 0 Å². The fraction of sp³-hybridized carbons (Fsp3) is 0.333. The van der Waals surface area contributed by atoms with Crippen molar-refractivity contribution in [1.82, 2.24) is 5.32 Å². The molecule has 1 fully saturated rings. The zero-order valence-electron chi connectivity index (χ0n) is 17.0. The summed E-state index contributed by atoms with van der Waals surface area (Å²) in [7, 11) is 0. The molecule has 2 amide bonds. The molecule has 0 radical (unpaired) electrons. The molecule has 0 bridgehead atoms.